The highest BCUT2D eigenvalue weighted by Crippen LogP contribution is 2.34. The molecule has 0 aliphatic heterocycles. The Labute approximate surface area is 148 Å². The number of rotatable bonds is 3. The summed E-state index contributed by atoms with van der Waals surface area (Å²) in [4.78, 5) is 21.2. The summed E-state index contributed by atoms with van der Waals surface area (Å²) < 4.78 is 10.5. The van der Waals surface area contributed by atoms with E-state index in [-0.39, 0.29) is 27.2 Å². The minimum Gasteiger partial charge on any atom is -0.494 e. The van der Waals surface area contributed by atoms with Crippen molar-refractivity contribution in [3.8, 4) is 11.6 Å². The number of hydrogen-bond acceptors (Lipinski definition) is 5. The van der Waals surface area contributed by atoms with Gasteiger partial charge in [0.2, 0.25) is 5.88 Å². The van der Waals surface area contributed by atoms with E-state index in [1.807, 2.05) is 18.2 Å². The molecule has 5 nitrogen and oxygen atoms in total. The van der Waals surface area contributed by atoms with Crippen LogP contribution in [0.5, 0.6) is 11.6 Å². The Balaban J connectivity index is 2.02. The van der Waals surface area contributed by atoms with Crippen LogP contribution in [0.4, 0.5) is 0 Å². The van der Waals surface area contributed by atoms with E-state index in [1.165, 1.54) is 13.2 Å². The van der Waals surface area contributed by atoms with Gasteiger partial charge >= 0.3 is 5.97 Å². The lowest BCUT2D eigenvalue weighted by molar-refractivity contribution is 0.0722. The fourth-order valence-corrected chi connectivity index (χ4v) is 2.69. The van der Waals surface area contributed by atoms with Gasteiger partial charge in [-0.15, -0.1) is 0 Å². The molecule has 7 heteroatoms. The molecular weight excluding hydrogens is 351 g/mol. The van der Waals surface area contributed by atoms with Crippen LogP contribution in [-0.4, -0.2) is 23.0 Å². The summed E-state index contributed by atoms with van der Waals surface area (Å²) in [5.74, 6) is -0.454. The Morgan fingerprint density at radius 2 is 1.62 bits per heavy atom. The molecule has 0 fully saturated rings. The van der Waals surface area contributed by atoms with Crippen LogP contribution in [0.1, 0.15) is 16.1 Å². The van der Waals surface area contributed by atoms with Gasteiger partial charge in [0.15, 0.2) is 5.75 Å². The van der Waals surface area contributed by atoms with Crippen LogP contribution < -0.4 is 9.47 Å². The molecule has 24 heavy (non-hydrogen) atoms. The van der Waals surface area contributed by atoms with Gasteiger partial charge in [-0.25, -0.2) is 14.8 Å². The third-order valence-electron chi connectivity index (χ3n) is 3.36. The molecule has 1 heterocycles. The number of aromatic nitrogens is 2. The quantitative estimate of drug-likeness (QED) is 0.643. The van der Waals surface area contributed by atoms with E-state index in [9.17, 15) is 4.79 Å². The lowest BCUT2D eigenvalue weighted by atomic mass is 10.2. The first kappa shape index (κ1) is 16.5. The van der Waals surface area contributed by atoms with Gasteiger partial charge in [-0.3, -0.25) is 0 Å². The summed E-state index contributed by atoms with van der Waals surface area (Å²) >= 11 is 12.1. The molecule has 122 valence electrons. The molecule has 0 aliphatic rings. The molecule has 0 atom stereocenters. The van der Waals surface area contributed by atoms with Gasteiger partial charge in [0.1, 0.15) is 11.3 Å². The zero-order chi connectivity index (χ0) is 17.3. The second-order valence-corrected chi connectivity index (χ2v) is 5.74. The van der Waals surface area contributed by atoms with Crippen molar-refractivity contribution < 1.29 is 14.3 Å². The third-order valence-corrected chi connectivity index (χ3v) is 3.97. The molecule has 1 aromatic heterocycles. The van der Waals surface area contributed by atoms with Crippen molar-refractivity contribution in [2.45, 2.75) is 6.92 Å². The van der Waals surface area contributed by atoms with Gasteiger partial charge in [0, 0.05) is 0 Å². The predicted octanol–water partition coefficient (Wildman–Crippen LogP) is 4.47. The van der Waals surface area contributed by atoms with E-state index in [0.29, 0.717) is 16.7 Å². The highest BCUT2D eigenvalue weighted by molar-refractivity contribution is 6.37. The Morgan fingerprint density at radius 1 is 1.00 bits per heavy atom. The van der Waals surface area contributed by atoms with Gasteiger partial charge in [-0.05, 0) is 31.2 Å². The van der Waals surface area contributed by atoms with Crippen molar-refractivity contribution in [1.29, 1.82) is 0 Å². The van der Waals surface area contributed by atoms with Crippen molar-refractivity contribution in [1.82, 2.24) is 9.97 Å². The van der Waals surface area contributed by atoms with Crippen molar-refractivity contribution in [2.24, 2.45) is 0 Å². The smallest absolute Gasteiger partial charge is 0.350 e. The van der Waals surface area contributed by atoms with Crippen molar-refractivity contribution in [3.63, 3.8) is 0 Å². The number of nitrogens with zero attached hydrogens (tertiary/aromatic N) is 2. The van der Waals surface area contributed by atoms with E-state index < -0.39 is 5.97 Å². The van der Waals surface area contributed by atoms with Crippen molar-refractivity contribution in [3.05, 3.63) is 57.7 Å². The van der Waals surface area contributed by atoms with Crippen LogP contribution in [0, 0.1) is 6.92 Å². The zero-order valence-electron chi connectivity index (χ0n) is 12.8. The van der Waals surface area contributed by atoms with E-state index in [2.05, 4.69) is 9.97 Å². The number of esters is 1. The summed E-state index contributed by atoms with van der Waals surface area (Å²) in [6.45, 7) is 1.71. The number of para-hydroxylation sites is 2. The van der Waals surface area contributed by atoms with Crippen LogP contribution in [-0.2, 0) is 0 Å². The number of carbonyl (C=O) groups excluding carboxylic acids is 1. The Morgan fingerprint density at radius 3 is 2.29 bits per heavy atom. The Bertz CT molecular complexity index is 945. The average Bonchev–Trinajstić information content (AvgIpc) is 2.57. The number of carbonyl (C=O) groups is 1. The number of methoxy groups -OCH3 is 1. The summed E-state index contributed by atoms with van der Waals surface area (Å²) in [5, 5.41) is 0.433. The van der Waals surface area contributed by atoms with Gasteiger partial charge in [-0.1, -0.05) is 35.3 Å². The first-order valence-electron chi connectivity index (χ1n) is 6.99. The van der Waals surface area contributed by atoms with Crippen LogP contribution in [0.25, 0.3) is 11.0 Å². The highest BCUT2D eigenvalue weighted by Gasteiger charge is 2.23. The van der Waals surface area contributed by atoms with Gasteiger partial charge in [-0.2, -0.15) is 0 Å². The van der Waals surface area contributed by atoms with E-state index >= 15 is 0 Å². The second kappa shape index (κ2) is 6.63. The molecule has 0 spiro atoms. The van der Waals surface area contributed by atoms with Gasteiger partial charge in [0.25, 0.3) is 0 Å². The molecular formula is C17H12Cl2N2O3. The zero-order valence-corrected chi connectivity index (χ0v) is 14.4. The largest absolute Gasteiger partial charge is 0.494 e. The maximum atomic E-state index is 12.5. The van der Waals surface area contributed by atoms with Crippen LogP contribution in [0.2, 0.25) is 10.0 Å². The minimum absolute atomic E-state index is 0.0426. The molecule has 0 saturated carbocycles. The standard InChI is InChI=1S/C17H12Cl2N2O3/c1-9-16(21-13-6-4-3-5-12(13)20-9)24-17(22)14-10(18)7-8-11(19)15(14)23-2/h3-8H,1-2H3. The van der Waals surface area contributed by atoms with E-state index in [0.717, 1.165) is 0 Å². The maximum absolute atomic E-state index is 12.5. The Kier molecular flexibility index (Phi) is 4.55. The molecule has 0 N–H and O–H groups in total. The Hall–Kier alpha value is -2.37. The number of halogens is 2. The molecule has 0 unspecified atom stereocenters. The monoisotopic (exact) mass is 362 g/mol. The van der Waals surface area contributed by atoms with Crippen molar-refractivity contribution >= 4 is 40.2 Å². The summed E-state index contributed by atoms with van der Waals surface area (Å²) in [7, 11) is 1.40. The summed E-state index contributed by atoms with van der Waals surface area (Å²) in [6.07, 6.45) is 0. The summed E-state index contributed by atoms with van der Waals surface area (Å²) in [5.41, 5.74) is 1.86. The topological polar surface area (TPSA) is 61.3 Å². The van der Waals surface area contributed by atoms with Crippen LogP contribution in [0.3, 0.4) is 0 Å². The summed E-state index contributed by atoms with van der Waals surface area (Å²) in [6, 6.07) is 10.3. The molecule has 2 aromatic carbocycles. The molecule has 0 aliphatic carbocycles. The number of hydrogen-bond donors (Lipinski definition) is 0. The lowest BCUT2D eigenvalue weighted by Gasteiger charge is -2.12. The van der Waals surface area contributed by atoms with Gasteiger partial charge < -0.3 is 9.47 Å². The highest BCUT2D eigenvalue weighted by atomic mass is 35.5. The minimum atomic E-state index is -0.716. The first-order valence-corrected chi connectivity index (χ1v) is 7.74. The maximum Gasteiger partial charge on any atom is 0.350 e. The molecule has 0 amide bonds. The number of ether oxygens (including phenoxy) is 2. The van der Waals surface area contributed by atoms with Gasteiger partial charge in [0.05, 0.1) is 28.2 Å². The SMILES string of the molecule is COc1c(Cl)ccc(Cl)c1C(=O)Oc1nc2ccccc2nc1C. The third kappa shape index (κ3) is 3.00. The fourth-order valence-electron chi connectivity index (χ4n) is 2.23. The van der Waals surface area contributed by atoms with Crippen LogP contribution in [0.15, 0.2) is 36.4 Å². The van der Waals surface area contributed by atoms with E-state index in [1.54, 1.807) is 19.1 Å². The van der Waals surface area contributed by atoms with E-state index in [4.69, 9.17) is 32.7 Å². The number of benzene rings is 2. The molecule has 0 saturated heterocycles. The van der Waals surface area contributed by atoms with Crippen molar-refractivity contribution in [2.75, 3.05) is 7.11 Å². The number of fused-ring (bicyclic) bond motifs is 1. The average molecular weight is 363 g/mol. The predicted molar refractivity (Wildman–Crippen MR) is 92.2 cm³/mol. The first-order chi connectivity index (χ1) is 11.5. The molecule has 0 radical (unpaired) electrons. The van der Waals surface area contributed by atoms with Crippen LogP contribution >= 0.6 is 23.2 Å². The number of aryl methyl sites for hydroxylation is 1. The fraction of sp³-hybridized carbons (Fsp3) is 0.118. The molecule has 3 rings (SSSR count). The molecule has 3 aromatic rings. The second-order valence-electron chi connectivity index (χ2n) is 4.93. The molecule has 0 bridgehead atoms. The normalized spacial score (nSPS) is 10.7. The lowest BCUT2D eigenvalue weighted by Crippen LogP contribution is -2.13.